The van der Waals surface area contributed by atoms with Gasteiger partial charge in [-0.05, 0) is 36.7 Å². The molecule has 19 heavy (non-hydrogen) atoms. The number of aromatic nitrogens is 2. The Morgan fingerprint density at radius 2 is 2.11 bits per heavy atom. The van der Waals surface area contributed by atoms with Crippen LogP contribution in [0, 0.1) is 6.92 Å². The standard InChI is InChI=1S/C13H12ClN3O2/c1-8-6-11(17-13(14)15-8)12(18)16-9-4-3-5-10(7-9)19-2/h3-7H,1-2H3,(H,16,18). The Labute approximate surface area is 115 Å². The van der Waals surface area contributed by atoms with Crippen LogP contribution in [0.15, 0.2) is 30.3 Å². The van der Waals surface area contributed by atoms with Crippen molar-refractivity contribution in [2.45, 2.75) is 6.92 Å². The number of carbonyl (C=O) groups is 1. The molecule has 0 bridgehead atoms. The van der Waals surface area contributed by atoms with Crippen LogP contribution in [0.25, 0.3) is 0 Å². The molecular weight excluding hydrogens is 266 g/mol. The minimum Gasteiger partial charge on any atom is -0.497 e. The fourth-order valence-electron chi connectivity index (χ4n) is 1.54. The molecule has 0 aliphatic carbocycles. The number of anilines is 1. The minimum absolute atomic E-state index is 0.0517. The van der Waals surface area contributed by atoms with Gasteiger partial charge < -0.3 is 10.1 Å². The summed E-state index contributed by atoms with van der Waals surface area (Å²) in [5, 5.41) is 2.77. The summed E-state index contributed by atoms with van der Waals surface area (Å²) < 4.78 is 5.08. The van der Waals surface area contributed by atoms with Crippen LogP contribution in [-0.4, -0.2) is 23.0 Å². The number of aryl methyl sites for hydroxylation is 1. The molecule has 0 atom stereocenters. The van der Waals surface area contributed by atoms with Crippen LogP contribution in [0.4, 0.5) is 5.69 Å². The summed E-state index contributed by atoms with van der Waals surface area (Å²) in [7, 11) is 1.56. The van der Waals surface area contributed by atoms with E-state index in [1.165, 1.54) is 0 Å². The topological polar surface area (TPSA) is 64.1 Å². The van der Waals surface area contributed by atoms with Crippen LogP contribution in [0.1, 0.15) is 16.2 Å². The van der Waals surface area contributed by atoms with Gasteiger partial charge in [0.25, 0.3) is 5.91 Å². The van der Waals surface area contributed by atoms with Crippen LogP contribution < -0.4 is 10.1 Å². The van der Waals surface area contributed by atoms with E-state index in [4.69, 9.17) is 16.3 Å². The minimum atomic E-state index is -0.347. The van der Waals surface area contributed by atoms with Gasteiger partial charge in [-0.15, -0.1) is 0 Å². The van der Waals surface area contributed by atoms with E-state index < -0.39 is 0 Å². The molecule has 1 aromatic carbocycles. The van der Waals surface area contributed by atoms with Crippen LogP contribution in [0.5, 0.6) is 5.75 Å². The number of benzene rings is 1. The molecule has 98 valence electrons. The fourth-order valence-corrected chi connectivity index (χ4v) is 1.77. The first kappa shape index (κ1) is 13.3. The molecule has 0 aliphatic heterocycles. The Kier molecular flexibility index (Phi) is 3.97. The number of nitrogens with one attached hydrogen (secondary N) is 1. The van der Waals surface area contributed by atoms with Crippen LogP contribution in [-0.2, 0) is 0 Å². The van der Waals surface area contributed by atoms with E-state index in [2.05, 4.69) is 15.3 Å². The third kappa shape index (κ3) is 3.42. The van der Waals surface area contributed by atoms with Crippen molar-refractivity contribution in [2.24, 2.45) is 0 Å². The van der Waals surface area contributed by atoms with E-state index in [1.54, 1.807) is 44.4 Å². The summed E-state index contributed by atoms with van der Waals surface area (Å²) in [6.45, 7) is 1.75. The number of nitrogens with zero attached hydrogens (tertiary/aromatic N) is 2. The van der Waals surface area contributed by atoms with Crippen molar-refractivity contribution in [3.8, 4) is 5.75 Å². The van der Waals surface area contributed by atoms with Gasteiger partial charge in [0.05, 0.1) is 7.11 Å². The number of halogens is 1. The smallest absolute Gasteiger partial charge is 0.274 e. The molecule has 0 fully saturated rings. The summed E-state index contributed by atoms with van der Waals surface area (Å²) in [5.41, 5.74) is 1.48. The van der Waals surface area contributed by atoms with Crippen molar-refractivity contribution >= 4 is 23.2 Å². The Balaban J connectivity index is 2.20. The van der Waals surface area contributed by atoms with Gasteiger partial charge in [-0.3, -0.25) is 4.79 Å². The molecule has 0 saturated heterocycles. The Bertz CT molecular complexity index is 596. The average molecular weight is 278 g/mol. The number of methoxy groups -OCH3 is 1. The highest BCUT2D eigenvalue weighted by Crippen LogP contribution is 2.17. The second kappa shape index (κ2) is 5.67. The van der Waals surface area contributed by atoms with Gasteiger partial charge in [0.1, 0.15) is 11.4 Å². The maximum atomic E-state index is 12.0. The summed E-state index contributed by atoms with van der Waals surface area (Å²) in [4.78, 5) is 19.8. The zero-order valence-electron chi connectivity index (χ0n) is 10.5. The maximum absolute atomic E-state index is 12.0. The van der Waals surface area contributed by atoms with E-state index >= 15 is 0 Å². The summed E-state index contributed by atoms with van der Waals surface area (Å²) in [6.07, 6.45) is 0. The molecule has 0 spiro atoms. The van der Waals surface area contributed by atoms with Gasteiger partial charge in [0.15, 0.2) is 0 Å². The second-order valence-electron chi connectivity index (χ2n) is 3.85. The first-order valence-corrected chi connectivity index (χ1v) is 5.93. The molecule has 2 aromatic rings. The number of rotatable bonds is 3. The first-order valence-electron chi connectivity index (χ1n) is 5.55. The zero-order valence-corrected chi connectivity index (χ0v) is 11.2. The SMILES string of the molecule is COc1cccc(NC(=O)c2cc(C)nc(Cl)n2)c1. The predicted octanol–water partition coefficient (Wildman–Crippen LogP) is 2.70. The molecule has 1 heterocycles. The lowest BCUT2D eigenvalue weighted by molar-refractivity contribution is 0.102. The molecule has 0 radical (unpaired) electrons. The highest BCUT2D eigenvalue weighted by molar-refractivity contribution is 6.28. The van der Waals surface area contributed by atoms with Crippen molar-refractivity contribution < 1.29 is 9.53 Å². The highest BCUT2D eigenvalue weighted by atomic mass is 35.5. The largest absolute Gasteiger partial charge is 0.497 e. The summed E-state index contributed by atoms with van der Waals surface area (Å²) in [6, 6.07) is 8.62. The number of amides is 1. The lowest BCUT2D eigenvalue weighted by Gasteiger charge is -2.07. The van der Waals surface area contributed by atoms with Gasteiger partial charge >= 0.3 is 0 Å². The van der Waals surface area contributed by atoms with Crippen LogP contribution in [0.2, 0.25) is 5.28 Å². The van der Waals surface area contributed by atoms with Gasteiger partial charge in [-0.2, -0.15) is 0 Å². The third-order valence-electron chi connectivity index (χ3n) is 2.39. The van der Waals surface area contributed by atoms with Crippen LogP contribution in [0.3, 0.4) is 0 Å². The molecular formula is C13H12ClN3O2. The quantitative estimate of drug-likeness (QED) is 0.876. The van der Waals surface area contributed by atoms with Gasteiger partial charge in [-0.25, -0.2) is 9.97 Å². The van der Waals surface area contributed by atoms with Gasteiger partial charge in [0.2, 0.25) is 5.28 Å². The number of carbonyl (C=O) groups excluding carboxylic acids is 1. The van der Waals surface area contributed by atoms with E-state index in [1.807, 2.05) is 0 Å². The molecule has 0 saturated carbocycles. The summed E-state index contributed by atoms with van der Waals surface area (Å²) >= 11 is 5.72. The van der Waals surface area contributed by atoms with Gasteiger partial charge in [0, 0.05) is 17.4 Å². The third-order valence-corrected chi connectivity index (χ3v) is 2.56. The first-order chi connectivity index (χ1) is 9.08. The van der Waals surface area contributed by atoms with E-state index in [9.17, 15) is 4.79 Å². The lowest BCUT2D eigenvalue weighted by atomic mass is 10.2. The lowest BCUT2D eigenvalue weighted by Crippen LogP contribution is -2.14. The average Bonchev–Trinajstić information content (AvgIpc) is 2.37. The predicted molar refractivity (Wildman–Crippen MR) is 72.7 cm³/mol. The number of hydrogen-bond acceptors (Lipinski definition) is 4. The molecule has 0 aliphatic rings. The zero-order chi connectivity index (χ0) is 13.8. The Morgan fingerprint density at radius 1 is 1.32 bits per heavy atom. The van der Waals surface area contributed by atoms with Crippen molar-refractivity contribution in [1.29, 1.82) is 0 Å². The van der Waals surface area contributed by atoms with E-state index in [0.717, 1.165) is 0 Å². The highest BCUT2D eigenvalue weighted by Gasteiger charge is 2.10. The Hall–Kier alpha value is -2.14. The molecule has 1 aromatic heterocycles. The molecule has 2 rings (SSSR count). The second-order valence-corrected chi connectivity index (χ2v) is 4.19. The van der Waals surface area contributed by atoms with E-state index in [0.29, 0.717) is 17.1 Å². The fraction of sp³-hybridized carbons (Fsp3) is 0.154. The molecule has 1 N–H and O–H groups in total. The maximum Gasteiger partial charge on any atom is 0.274 e. The number of ether oxygens (including phenoxy) is 1. The van der Waals surface area contributed by atoms with Crippen molar-refractivity contribution in [3.63, 3.8) is 0 Å². The molecule has 0 unspecified atom stereocenters. The Morgan fingerprint density at radius 3 is 2.79 bits per heavy atom. The normalized spacial score (nSPS) is 10.1. The van der Waals surface area contributed by atoms with Crippen molar-refractivity contribution in [2.75, 3.05) is 12.4 Å². The van der Waals surface area contributed by atoms with Gasteiger partial charge in [-0.1, -0.05) is 6.07 Å². The molecule has 5 nitrogen and oxygen atoms in total. The molecule has 1 amide bonds. The monoisotopic (exact) mass is 277 g/mol. The number of hydrogen-bond donors (Lipinski definition) is 1. The van der Waals surface area contributed by atoms with Crippen molar-refractivity contribution in [3.05, 3.63) is 47.0 Å². The van der Waals surface area contributed by atoms with Crippen LogP contribution >= 0.6 is 11.6 Å². The molecule has 6 heteroatoms. The van der Waals surface area contributed by atoms with Crippen molar-refractivity contribution in [1.82, 2.24) is 9.97 Å². The summed E-state index contributed by atoms with van der Waals surface area (Å²) in [5.74, 6) is 0.315. The van der Waals surface area contributed by atoms with E-state index in [-0.39, 0.29) is 16.9 Å².